The molecule has 164 valence electrons. The van der Waals surface area contributed by atoms with E-state index in [1.54, 1.807) is 0 Å². The molecule has 0 spiro atoms. The number of benzene rings is 2. The normalized spacial score (nSPS) is 17.6. The van der Waals surface area contributed by atoms with Crippen molar-refractivity contribution < 1.29 is 9.59 Å². The predicted octanol–water partition coefficient (Wildman–Crippen LogP) is 4.09. The largest absolute Gasteiger partial charge is 0.342 e. The van der Waals surface area contributed by atoms with Crippen molar-refractivity contribution in [1.82, 2.24) is 10.2 Å². The number of hydrogen-bond donors (Lipinski definition) is 2. The summed E-state index contributed by atoms with van der Waals surface area (Å²) in [7, 11) is 0. The van der Waals surface area contributed by atoms with E-state index in [0.717, 1.165) is 5.69 Å². The van der Waals surface area contributed by atoms with Gasteiger partial charge < -0.3 is 15.5 Å². The highest BCUT2D eigenvalue weighted by atomic mass is 16.2. The van der Waals surface area contributed by atoms with Gasteiger partial charge in [-0.05, 0) is 74.3 Å². The van der Waals surface area contributed by atoms with Crippen molar-refractivity contribution in [3.05, 3.63) is 65.2 Å². The van der Waals surface area contributed by atoms with Gasteiger partial charge in [-0.15, -0.1) is 0 Å². The molecule has 5 nitrogen and oxygen atoms in total. The lowest BCUT2D eigenvalue weighted by molar-refractivity contribution is -0.133. The summed E-state index contributed by atoms with van der Waals surface area (Å²) in [5, 5.41) is 6.38. The number of para-hydroxylation sites is 1. The van der Waals surface area contributed by atoms with E-state index in [0.29, 0.717) is 32.5 Å². The number of likely N-dealkylation sites (tertiary alicyclic amines) is 1. The highest BCUT2D eigenvalue weighted by molar-refractivity contribution is 5.92. The Hall–Kier alpha value is -2.66. The van der Waals surface area contributed by atoms with Gasteiger partial charge in [-0.25, -0.2) is 0 Å². The molecule has 1 fully saturated rings. The van der Waals surface area contributed by atoms with Crippen molar-refractivity contribution in [2.75, 3.05) is 25.0 Å². The average Bonchev–Trinajstić information content (AvgIpc) is 2.82. The topological polar surface area (TPSA) is 61.4 Å². The quantitative estimate of drug-likeness (QED) is 0.741. The van der Waals surface area contributed by atoms with Crippen LogP contribution in [0.5, 0.6) is 0 Å². The molecule has 2 N–H and O–H groups in total. The number of carbonyl (C=O) groups is 2. The summed E-state index contributed by atoms with van der Waals surface area (Å²) in [6.07, 6.45) is 6.35. The molecule has 1 aliphatic heterocycles. The Morgan fingerprint density at radius 2 is 1.71 bits per heavy atom. The zero-order valence-corrected chi connectivity index (χ0v) is 18.4. The average molecular weight is 420 g/mol. The van der Waals surface area contributed by atoms with E-state index in [1.165, 1.54) is 42.4 Å². The molecule has 0 aromatic heterocycles. The molecule has 31 heavy (non-hydrogen) atoms. The van der Waals surface area contributed by atoms with Gasteiger partial charge >= 0.3 is 0 Å². The molecule has 1 aliphatic carbocycles. The van der Waals surface area contributed by atoms with Crippen LogP contribution in [0, 0.1) is 5.92 Å². The molecule has 2 aromatic rings. The van der Waals surface area contributed by atoms with E-state index in [4.69, 9.17) is 0 Å². The maximum atomic E-state index is 12.7. The van der Waals surface area contributed by atoms with E-state index in [2.05, 4.69) is 35.8 Å². The fourth-order valence-electron chi connectivity index (χ4n) is 4.65. The molecule has 4 rings (SSSR count). The molecular formula is C26H33N3O2. The third-order valence-corrected chi connectivity index (χ3v) is 6.69. The number of rotatable bonds is 6. The minimum Gasteiger partial charge on any atom is -0.342 e. The first kappa shape index (κ1) is 21.6. The van der Waals surface area contributed by atoms with Crippen molar-refractivity contribution in [3.8, 4) is 0 Å². The van der Waals surface area contributed by atoms with Gasteiger partial charge in [-0.3, -0.25) is 9.59 Å². The summed E-state index contributed by atoms with van der Waals surface area (Å²) < 4.78 is 0. The molecular weight excluding hydrogens is 386 g/mol. The number of carbonyl (C=O) groups excluding carboxylic acids is 2. The van der Waals surface area contributed by atoms with Gasteiger partial charge in [-0.1, -0.05) is 36.4 Å². The van der Waals surface area contributed by atoms with Crippen LogP contribution in [-0.4, -0.2) is 36.3 Å². The van der Waals surface area contributed by atoms with Crippen LogP contribution in [0.2, 0.25) is 0 Å². The van der Waals surface area contributed by atoms with Crippen molar-refractivity contribution in [2.24, 2.45) is 5.92 Å². The van der Waals surface area contributed by atoms with Gasteiger partial charge in [0.2, 0.25) is 11.8 Å². The Morgan fingerprint density at radius 1 is 1.00 bits per heavy atom. The second-order valence-electron chi connectivity index (χ2n) is 8.85. The summed E-state index contributed by atoms with van der Waals surface area (Å²) in [4.78, 5) is 27.1. The van der Waals surface area contributed by atoms with Crippen molar-refractivity contribution in [2.45, 2.75) is 51.5 Å². The Morgan fingerprint density at radius 3 is 2.45 bits per heavy atom. The Balaban J connectivity index is 1.22. The number of anilines is 1. The van der Waals surface area contributed by atoms with Crippen LogP contribution in [0.3, 0.4) is 0 Å². The second-order valence-corrected chi connectivity index (χ2v) is 8.85. The maximum Gasteiger partial charge on any atom is 0.236 e. The highest BCUT2D eigenvalue weighted by Gasteiger charge is 2.27. The van der Waals surface area contributed by atoms with E-state index in [1.807, 2.05) is 35.2 Å². The predicted molar refractivity (Wildman–Crippen MR) is 124 cm³/mol. The monoisotopic (exact) mass is 419 g/mol. The summed E-state index contributed by atoms with van der Waals surface area (Å²) in [5.41, 5.74) is 5.04. The molecule has 0 unspecified atom stereocenters. The lowest BCUT2D eigenvalue weighted by atomic mass is 9.89. The fraction of sp³-hybridized carbons (Fsp3) is 0.462. The van der Waals surface area contributed by atoms with Crippen LogP contribution in [0.1, 0.15) is 55.3 Å². The van der Waals surface area contributed by atoms with E-state index >= 15 is 0 Å². The first-order chi connectivity index (χ1) is 15.1. The minimum absolute atomic E-state index is 0.0355. The van der Waals surface area contributed by atoms with Gasteiger partial charge in [0.05, 0.1) is 6.54 Å². The Bertz CT molecular complexity index is 904. The van der Waals surface area contributed by atoms with Gasteiger partial charge in [0.1, 0.15) is 0 Å². The van der Waals surface area contributed by atoms with Crippen LogP contribution in [0.4, 0.5) is 5.69 Å². The van der Waals surface area contributed by atoms with E-state index in [9.17, 15) is 9.59 Å². The molecule has 5 heteroatoms. The van der Waals surface area contributed by atoms with Gasteiger partial charge in [-0.2, -0.15) is 0 Å². The molecule has 2 aliphatic rings. The highest BCUT2D eigenvalue weighted by Crippen LogP contribution is 2.25. The summed E-state index contributed by atoms with van der Waals surface area (Å²) in [6.45, 7) is 3.73. The first-order valence-corrected chi connectivity index (χ1v) is 11.6. The lowest BCUT2D eigenvalue weighted by Gasteiger charge is -2.32. The van der Waals surface area contributed by atoms with Crippen LogP contribution < -0.4 is 10.6 Å². The van der Waals surface area contributed by atoms with Crippen LogP contribution >= 0.6 is 0 Å². The Labute approximate surface area is 185 Å². The number of nitrogens with one attached hydrogen (secondary N) is 2. The molecule has 1 atom stereocenters. The number of fused-ring (bicyclic) bond motifs is 1. The van der Waals surface area contributed by atoms with Crippen LogP contribution in [-0.2, 0) is 22.4 Å². The summed E-state index contributed by atoms with van der Waals surface area (Å²) >= 11 is 0. The second kappa shape index (κ2) is 10.1. The van der Waals surface area contributed by atoms with Crippen molar-refractivity contribution in [3.63, 3.8) is 0 Å². The van der Waals surface area contributed by atoms with Crippen molar-refractivity contribution >= 4 is 17.5 Å². The number of amides is 2. The van der Waals surface area contributed by atoms with E-state index < -0.39 is 0 Å². The molecule has 0 radical (unpaired) electrons. The van der Waals surface area contributed by atoms with Gasteiger partial charge in [0.25, 0.3) is 0 Å². The van der Waals surface area contributed by atoms with Crippen LogP contribution in [0.25, 0.3) is 0 Å². The third kappa shape index (κ3) is 5.53. The first-order valence-electron chi connectivity index (χ1n) is 11.6. The molecule has 1 heterocycles. The third-order valence-electron chi connectivity index (χ3n) is 6.69. The smallest absolute Gasteiger partial charge is 0.236 e. The van der Waals surface area contributed by atoms with E-state index in [-0.39, 0.29) is 23.8 Å². The van der Waals surface area contributed by atoms with Crippen LogP contribution in [0.15, 0.2) is 48.5 Å². The minimum atomic E-state index is -0.0355. The molecule has 2 amide bonds. The summed E-state index contributed by atoms with van der Waals surface area (Å²) in [6, 6.07) is 16.5. The Kier molecular flexibility index (Phi) is 7.03. The molecule has 0 saturated carbocycles. The number of piperidine rings is 1. The molecule has 2 aromatic carbocycles. The lowest BCUT2D eigenvalue weighted by Crippen LogP contribution is -2.45. The number of aryl methyl sites for hydroxylation is 2. The van der Waals surface area contributed by atoms with Crippen molar-refractivity contribution in [1.29, 1.82) is 0 Å². The standard InChI is InChI=1S/C26H33N3O2/c1-19(22-12-11-20-7-5-6-8-23(20)17-22)27-18-25(30)29-15-13-21(14-16-29)26(31)28-24-9-3-2-4-10-24/h2-4,9-12,17,19,21,27H,5-8,13-16,18H2,1H3,(H,28,31)/t19-/m1/s1. The molecule has 1 saturated heterocycles. The maximum absolute atomic E-state index is 12.7. The fourth-order valence-corrected chi connectivity index (χ4v) is 4.65. The number of hydrogen-bond acceptors (Lipinski definition) is 3. The SMILES string of the molecule is C[C@@H](NCC(=O)N1CCC(C(=O)Nc2ccccc2)CC1)c1ccc2c(c1)CCCC2. The summed E-state index contributed by atoms with van der Waals surface area (Å²) in [5.74, 6) is 0.135. The molecule has 0 bridgehead atoms. The zero-order valence-electron chi connectivity index (χ0n) is 18.4. The zero-order chi connectivity index (χ0) is 21.6. The van der Waals surface area contributed by atoms with Gasteiger partial charge in [0.15, 0.2) is 0 Å². The number of nitrogens with zero attached hydrogens (tertiary/aromatic N) is 1. The van der Waals surface area contributed by atoms with Gasteiger partial charge in [0, 0.05) is 30.7 Å².